The third kappa shape index (κ3) is 6.79. The summed E-state index contributed by atoms with van der Waals surface area (Å²) in [5.74, 6) is 1.88. The van der Waals surface area contributed by atoms with Crippen molar-refractivity contribution in [2.45, 2.75) is 130 Å². The van der Waals surface area contributed by atoms with Gasteiger partial charge in [-0.3, -0.25) is 9.59 Å². The number of Topliss-reactive ketones (excluding diaryl/α,β-unsaturated/α-hetero) is 1. The number of aliphatic hydroxyl groups is 1. The number of unbranched alkanes of at least 4 members (excludes halogenated alkanes) is 1. The number of hydrogen-bond donors (Lipinski definition) is 5. The van der Waals surface area contributed by atoms with Gasteiger partial charge >= 0.3 is 5.97 Å². The second-order valence-electron chi connectivity index (χ2n) is 15.9. The van der Waals surface area contributed by atoms with E-state index in [1.807, 2.05) is 0 Å². The molecule has 3 unspecified atom stereocenters. The van der Waals surface area contributed by atoms with Crippen LogP contribution in [0.15, 0.2) is 0 Å². The standard InChI is InChI=1S/C35H63N3O4/c1-23(9-12-30(40)33(2,3)32(41)42)26-10-11-27-31-28(14-16-35(26,27)5)34(4)15-13-25(21-24(34)22-29(31)39)38-20-8-19-37-18-7-6-17-36/h23-29,31,37-39H,6-22,36H2,1-5H3,(H,41,42)/t23-,24-,25+,26-,27?,28?,29-,31?,34+,35-/m1/s1. The Morgan fingerprint density at radius 3 is 2.36 bits per heavy atom. The summed E-state index contributed by atoms with van der Waals surface area (Å²) in [6.07, 6.45) is 13.7. The number of nitrogens with two attached hydrogens (primary N) is 1. The van der Waals surface area contributed by atoms with Crippen LogP contribution in [0.4, 0.5) is 0 Å². The van der Waals surface area contributed by atoms with Crippen LogP contribution in [0.3, 0.4) is 0 Å². The van der Waals surface area contributed by atoms with Gasteiger partial charge in [-0.1, -0.05) is 20.8 Å². The van der Waals surface area contributed by atoms with E-state index in [4.69, 9.17) is 5.73 Å². The van der Waals surface area contributed by atoms with Crippen LogP contribution >= 0.6 is 0 Å². The highest BCUT2D eigenvalue weighted by molar-refractivity contribution is 6.02. The van der Waals surface area contributed by atoms with Crippen LogP contribution in [0.2, 0.25) is 0 Å². The molecular formula is C35H63N3O4. The monoisotopic (exact) mass is 589 g/mol. The van der Waals surface area contributed by atoms with Crippen molar-refractivity contribution in [3.8, 4) is 0 Å². The largest absolute Gasteiger partial charge is 0.481 e. The van der Waals surface area contributed by atoms with Crippen LogP contribution in [-0.2, 0) is 9.59 Å². The van der Waals surface area contributed by atoms with Gasteiger partial charge in [-0.05, 0) is 163 Å². The number of hydrogen-bond acceptors (Lipinski definition) is 6. The molecule has 0 bridgehead atoms. The zero-order chi connectivity index (χ0) is 30.7. The summed E-state index contributed by atoms with van der Waals surface area (Å²) in [5.41, 5.74) is 4.79. The van der Waals surface area contributed by atoms with Crippen molar-refractivity contribution in [3.63, 3.8) is 0 Å². The molecule has 0 radical (unpaired) electrons. The van der Waals surface area contributed by atoms with Gasteiger partial charge in [-0.2, -0.15) is 0 Å². The Kier molecular flexibility index (Phi) is 11.3. The van der Waals surface area contributed by atoms with Crippen LogP contribution < -0.4 is 16.4 Å². The first-order chi connectivity index (χ1) is 19.9. The van der Waals surface area contributed by atoms with E-state index in [1.165, 1.54) is 58.8 Å². The Morgan fingerprint density at radius 1 is 0.952 bits per heavy atom. The minimum atomic E-state index is -1.31. The van der Waals surface area contributed by atoms with Crippen molar-refractivity contribution in [2.24, 2.45) is 57.5 Å². The molecule has 0 aromatic heterocycles. The molecule has 0 aliphatic heterocycles. The Morgan fingerprint density at radius 2 is 1.64 bits per heavy atom. The zero-order valence-corrected chi connectivity index (χ0v) is 27.4. The Balaban J connectivity index is 1.31. The summed E-state index contributed by atoms with van der Waals surface area (Å²) in [6.45, 7) is 14.4. The molecule has 4 rings (SSSR count). The third-order valence-electron chi connectivity index (χ3n) is 13.3. The molecule has 242 valence electrons. The number of carbonyl (C=O) groups excluding carboxylic acids is 1. The molecule has 6 N–H and O–H groups in total. The molecule has 0 saturated heterocycles. The van der Waals surface area contributed by atoms with E-state index in [-0.39, 0.29) is 17.3 Å². The highest BCUT2D eigenvalue weighted by Gasteiger charge is 2.62. The Hall–Kier alpha value is -1.02. The lowest BCUT2D eigenvalue weighted by Gasteiger charge is -2.62. The molecule has 4 aliphatic carbocycles. The van der Waals surface area contributed by atoms with Crippen molar-refractivity contribution >= 4 is 11.8 Å². The lowest BCUT2D eigenvalue weighted by atomic mass is 9.43. The Bertz CT molecular complexity index is 926. The van der Waals surface area contributed by atoms with E-state index < -0.39 is 11.4 Å². The maximum Gasteiger partial charge on any atom is 0.316 e. The number of fused-ring (bicyclic) bond motifs is 5. The topological polar surface area (TPSA) is 125 Å². The van der Waals surface area contributed by atoms with E-state index in [0.717, 1.165) is 58.3 Å². The fourth-order valence-corrected chi connectivity index (χ4v) is 10.4. The minimum absolute atomic E-state index is 0.160. The highest BCUT2D eigenvalue weighted by atomic mass is 16.4. The zero-order valence-electron chi connectivity index (χ0n) is 27.4. The Labute approximate surface area is 255 Å². The van der Waals surface area contributed by atoms with Gasteiger partial charge in [0.15, 0.2) is 0 Å². The summed E-state index contributed by atoms with van der Waals surface area (Å²) < 4.78 is 0. The number of carboxylic acid groups (broad SMARTS) is 1. The second-order valence-corrected chi connectivity index (χ2v) is 15.9. The first-order valence-electron chi connectivity index (χ1n) is 17.4. The quantitative estimate of drug-likeness (QED) is 0.128. The van der Waals surface area contributed by atoms with Crippen molar-refractivity contribution in [3.05, 3.63) is 0 Å². The van der Waals surface area contributed by atoms with Gasteiger partial charge in [0.2, 0.25) is 0 Å². The van der Waals surface area contributed by atoms with Crippen molar-refractivity contribution < 1.29 is 19.8 Å². The fourth-order valence-electron chi connectivity index (χ4n) is 10.4. The molecule has 4 aliphatic rings. The van der Waals surface area contributed by atoms with E-state index >= 15 is 0 Å². The normalized spacial score (nSPS) is 38.8. The van der Waals surface area contributed by atoms with E-state index in [9.17, 15) is 19.8 Å². The van der Waals surface area contributed by atoms with Gasteiger partial charge in [-0.25, -0.2) is 0 Å². The molecule has 4 fully saturated rings. The summed E-state index contributed by atoms with van der Waals surface area (Å²) in [6, 6.07) is 0.573. The van der Waals surface area contributed by atoms with Crippen LogP contribution in [0, 0.1) is 51.8 Å². The predicted molar refractivity (Wildman–Crippen MR) is 169 cm³/mol. The molecule has 0 aromatic rings. The van der Waals surface area contributed by atoms with Crippen molar-refractivity contribution in [1.82, 2.24) is 10.6 Å². The molecule has 42 heavy (non-hydrogen) atoms. The average molecular weight is 590 g/mol. The summed E-state index contributed by atoms with van der Waals surface area (Å²) in [7, 11) is 0. The molecule has 7 nitrogen and oxygen atoms in total. The molecule has 10 atom stereocenters. The van der Waals surface area contributed by atoms with Crippen molar-refractivity contribution in [1.29, 1.82) is 0 Å². The number of aliphatic hydroxyl groups excluding tert-OH is 1. The molecule has 0 spiro atoms. The number of nitrogens with one attached hydrogen (secondary N) is 2. The molecule has 4 saturated carbocycles. The fraction of sp³-hybridized carbons (Fsp3) is 0.943. The molecule has 0 heterocycles. The summed E-state index contributed by atoms with van der Waals surface area (Å²) in [4.78, 5) is 24.3. The molecular weight excluding hydrogens is 526 g/mol. The number of ketones is 1. The van der Waals surface area contributed by atoms with Gasteiger partial charge < -0.3 is 26.6 Å². The molecule has 0 amide bonds. The first-order valence-corrected chi connectivity index (χ1v) is 17.4. The maximum atomic E-state index is 12.7. The van der Waals surface area contributed by atoms with Gasteiger partial charge in [0.05, 0.1) is 6.10 Å². The van der Waals surface area contributed by atoms with Crippen LogP contribution in [-0.4, -0.2) is 60.3 Å². The SMILES string of the molecule is C[C@H](CCC(=O)C(C)(C)C(=O)O)[C@H]1CCC2C3C(CC[C@@]21C)[C@@]1(C)CC[C@H](NCCCNCCCCN)C[C@@H]1C[C@H]3O. The summed E-state index contributed by atoms with van der Waals surface area (Å²) >= 11 is 0. The van der Waals surface area contributed by atoms with E-state index in [0.29, 0.717) is 53.4 Å². The smallest absolute Gasteiger partial charge is 0.316 e. The van der Waals surface area contributed by atoms with Crippen molar-refractivity contribution in [2.75, 3.05) is 26.2 Å². The van der Waals surface area contributed by atoms with Crippen LogP contribution in [0.5, 0.6) is 0 Å². The minimum Gasteiger partial charge on any atom is -0.481 e. The number of carboxylic acids is 1. The van der Waals surface area contributed by atoms with E-state index in [2.05, 4.69) is 31.4 Å². The third-order valence-corrected chi connectivity index (χ3v) is 13.3. The molecule has 7 heteroatoms. The second kappa shape index (κ2) is 14.0. The highest BCUT2D eigenvalue weighted by Crippen LogP contribution is 2.68. The maximum absolute atomic E-state index is 12.7. The number of carbonyl (C=O) groups is 2. The first kappa shape index (κ1) is 33.9. The number of rotatable bonds is 15. The summed E-state index contributed by atoms with van der Waals surface area (Å²) in [5, 5.41) is 28.6. The van der Waals surface area contributed by atoms with Crippen LogP contribution in [0.1, 0.15) is 118 Å². The van der Waals surface area contributed by atoms with Gasteiger partial charge in [0.25, 0.3) is 0 Å². The lowest BCUT2D eigenvalue weighted by molar-refractivity contribution is -0.167. The predicted octanol–water partition coefficient (Wildman–Crippen LogP) is 5.39. The van der Waals surface area contributed by atoms with Gasteiger partial charge in [-0.15, -0.1) is 0 Å². The lowest BCUT2D eigenvalue weighted by Crippen LogP contribution is -2.59. The van der Waals surface area contributed by atoms with E-state index in [1.54, 1.807) is 0 Å². The number of aliphatic carboxylic acids is 1. The van der Waals surface area contributed by atoms with Crippen LogP contribution in [0.25, 0.3) is 0 Å². The average Bonchev–Trinajstić information content (AvgIpc) is 3.30. The van der Waals surface area contributed by atoms with Gasteiger partial charge in [0, 0.05) is 12.5 Å². The molecule has 0 aromatic carbocycles. The van der Waals surface area contributed by atoms with Gasteiger partial charge in [0.1, 0.15) is 11.2 Å².